The number of alkyl carbamates (subject to hydrolysis) is 1. The number of fused-ring (bicyclic) bond motifs is 2. The van der Waals surface area contributed by atoms with Gasteiger partial charge in [0.15, 0.2) is 0 Å². The summed E-state index contributed by atoms with van der Waals surface area (Å²) in [7, 11) is 0. The quantitative estimate of drug-likeness (QED) is 0.615. The third-order valence-corrected chi connectivity index (χ3v) is 6.92. The molecule has 2 N–H and O–H groups in total. The second kappa shape index (κ2) is 9.60. The van der Waals surface area contributed by atoms with Gasteiger partial charge in [-0.3, -0.25) is 19.7 Å². The van der Waals surface area contributed by atoms with E-state index in [4.69, 9.17) is 9.47 Å². The molecule has 1 saturated heterocycles. The van der Waals surface area contributed by atoms with Gasteiger partial charge >= 0.3 is 6.09 Å². The van der Waals surface area contributed by atoms with E-state index >= 15 is 0 Å². The molecular formula is C26H28N4O6. The molecule has 0 aliphatic carbocycles. The van der Waals surface area contributed by atoms with Gasteiger partial charge in [-0.15, -0.1) is 0 Å². The van der Waals surface area contributed by atoms with Gasteiger partial charge < -0.3 is 19.7 Å². The highest BCUT2D eigenvalue weighted by Crippen LogP contribution is 2.31. The van der Waals surface area contributed by atoms with Gasteiger partial charge in [-0.1, -0.05) is 12.1 Å². The lowest BCUT2D eigenvalue weighted by Crippen LogP contribution is -2.52. The molecule has 10 nitrogen and oxygen atoms in total. The Labute approximate surface area is 208 Å². The summed E-state index contributed by atoms with van der Waals surface area (Å²) >= 11 is 0. The lowest BCUT2D eigenvalue weighted by Gasteiger charge is -2.29. The van der Waals surface area contributed by atoms with E-state index < -0.39 is 24.1 Å². The molecule has 0 bridgehead atoms. The van der Waals surface area contributed by atoms with Crippen molar-refractivity contribution in [1.82, 2.24) is 20.5 Å². The number of benzene rings is 1. The maximum atomic E-state index is 13.1. The molecule has 4 heterocycles. The highest BCUT2D eigenvalue weighted by atomic mass is 16.6. The molecule has 188 valence electrons. The fourth-order valence-corrected chi connectivity index (χ4v) is 4.84. The smallest absolute Gasteiger partial charge is 0.408 e. The second-order valence-electron chi connectivity index (χ2n) is 9.42. The van der Waals surface area contributed by atoms with Crippen LogP contribution in [0.15, 0.2) is 30.5 Å². The standard InChI is InChI=1S/C26H28N4O6/c1-14(19-10-17-4-3-9-35-24(17)27-12-19)28-26(34)36-15(2)16-5-6-18-13-30(25(33)20(18)11-16)21-7-8-22(31)29-23(21)32/h5-6,10-12,14-15,21H,3-4,7-9,13H2,1-2H3,(H,28,34)(H,29,31,32). The molecule has 3 unspecified atom stereocenters. The molecule has 1 aromatic heterocycles. The van der Waals surface area contributed by atoms with Crippen molar-refractivity contribution in [1.29, 1.82) is 0 Å². The molecule has 0 spiro atoms. The number of carbonyl (C=O) groups is 4. The highest BCUT2D eigenvalue weighted by Gasteiger charge is 2.39. The van der Waals surface area contributed by atoms with Crippen molar-refractivity contribution < 1.29 is 28.7 Å². The van der Waals surface area contributed by atoms with E-state index in [0.29, 0.717) is 36.6 Å². The number of hydrogen-bond acceptors (Lipinski definition) is 7. The maximum Gasteiger partial charge on any atom is 0.408 e. The Hall–Kier alpha value is -3.95. The number of hydrogen-bond donors (Lipinski definition) is 2. The fraction of sp³-hybridized carbons (Fsp3) is 0.423. The van der Waals surface area contributed by atoms with Crippen LogP contribution in [0.25, 0.3) is 0 Å². The third-order valence-electron chi connectivity index (χ3n) is 6.92. The Morgan fingerprint density at radius 3 is 2.81 bits per heavy atom. The van der Waals surface area contributed by atoms with Crippen LogP contribution in [0.5, 0.6) is 5.88 Å². The van der Waals surface area contributed by atoms with Crippen molar-refractivity contribution >= 4 is 23.8 Å². The zero-order valence-electron chi connectivity index (χ0n) is 20.2. The van der Waals surface area contributed by atoms with Gasteiger partial charge in [-0.25, -0.2) is 9.78 Å². The van der Waals surface area contributed by atoms with Crippen LogP contribution < -0.4 is 15.4 Å². The van der Waals surface area contributed by atoms with E-state index in [1.807, 2.05) is 25.1 Å². The largest absolute Gasteiger partial charge is 0.477 e. The second-order valence-corrected chi connectivity index (χ2v) is 9.42. The number of aromatic nitrogens is 1. The predicted molar refractivity (Wildman–Crippen MR) is 127 cm³/mol. The van der Waals surface area contributed by atoms with Crippen molar-refractivity contribution in [3.05, 3.63) is 58.3 Å². The molecule has 1 aromatic carbocycles. The first-order chi connectivity index (χ1) is 17.3. The van der Waals surface area contributed by atoms with Crippen molar-refractivity contribution in [3.8, 4) is 5.88 Å². The molecule has 3 aliphatic heterocycles. The number of carbonyl (C=O) groups excluding carboxylic acids is 4. The van der Waals surface area contributed by atoms with Crippen LogP contribution in [-0.4, -0.2) is 46.3 Å². The normalized spacial score (nSPS) is 20.6. The minimum Gasteiger partial charge on any atom is -0.477 e. The molecule has 2 aromatic rings. The number of piperidine rings is 1. The van der Waals surface area contributed by atoms with Crippen molar-refractivity contribution in [2.75, 3.05) is 6.61 Å². The van der Waals surface area contributed by atoms with E-state index in [-0.39, 0.29) is 24.3 Å². The zero-order valence-corrected chi connectivity index (χ0v) is 20.2. The van der Waals surface area contributed by atoms with Gasteiger partial charge in [-0.2, -0.15) is 0 Å². The lowest BCUT2D eigenvalue weighted by molar-refractivity contribution is -0.136. The van der Waals surface area contributed by atoms with E-state index in [1.165, 1.54) is 4.90 Å². The number of rotatable bonds is 5. The topological polar surface area (TPSA) is 127 Å². The first-order valence-corrected chi connectivity index (χ1v) is 12.2. The Bertz CT molecular complexity index is 1240. The molecule has 5 rings (SSSR count). The number of pyridine rings is 1. The van der Waals surface area contributed by atoms with E-state index in [0.717, 1.165) is 29.5 Å². The molecule has 0 radical (unpaired) electrons. The zero-order chi connectivity index (χ0) is 25.4. The SMILES string of the molecule is CC(NC(=O)OC(C)c1ccc2c(c1)C(=O)N(C1CCC(=O)NC1=O)C2)c1cnc2c(c1)CCCO2. The average Bonchev–Trinajstić information content (AvgIpc) is 3.19. The summed E-state index contributed by atoms with van der Waals surface area (Å²) in [6.45, 7) is 4.56. The van der Waals surface area contributed by atoms with Crippen LogP contribution in [0.2, 0.25) is 0 Å². The van der Waals surface area contributed by atoms with Crippen LogP contribution in [0, 0.1) is 0 Å². The van der Waals surface area contributed by atoms with Gasteiger partial charge in [0.25, 0.3) is 5.91 Å². The molecule has 10 heteroatoms. The Morgan fingerprint density at radius 1 is 1.17 bits per heavy atom. The summed E-state index contributed by atoms with van der Waals surface area (Å²) in [4.78, 5) is 55.2. The highest BCUT2D eigenvalue weighted by molar-refractivity contribution is 6.05. The molecule has 1 fully saturated rings. The van der Waals surface area contributed by atoms with Gasteiger partial charge in [0, 0.05) is 30.3 Å². The van der Waals surface area contributed by atoms with E-state index in [2.05, 4.69) is 15.6 Å². The van der Waals surface area contributed by atoms with E-state index in [9.17, 15) is 19.2 Å². The number of aryl methyl sites for hydroxylation is 1. The number of nitrogens with one attached hydrogen (secondary N) is 2. The van der Waals surface area contributed by atoms with Crippen molar-refractivity contribution in [2.24, 2.45) is 0 Å². The molecule has 4 amide bonds. The van der Waals surface area contributed by atoms with E-state index in [1.54, 1.807) is 19.2 Å². The monoisotopic (exact) mass is 492 g/mol. The first kappa shape index (κ1) is 23.8. The van der Waals surface area contributed by atoms with Crippen LogP contribution in [0.1, 0.15) is 77.9 Å². The van der Waals surface area contributed by atoms with Gasteiger partial charge in [0.2, 0.25) is 17.7 Å². The summed E-state index contributed by atoms with van der Waals surface area (Å²) in [5, 5.41) is 5.13. The number of ether oxygens (including phenoxy) is 2. The van der Waals surface area contributed by atoms with Crippen molar-refractivity contribution in [2.45, 2.75) is 64.3 Å². The minimum atomic E-state index is -0.670. The Balaban J connectivity index is 1.21. The third kappa shape index (κ3) is 4.62. The van der Waals surface area contributed by atoms with Crippen LogP contribution >= 0.6 is 0 Å². The molecular weight excluding hydrogens is 464 g/mol. The van der Waals surface area contributed by atoms with Crippen LogP contribution in [-0.2, 0) is 27.3 Å². The minimum absolute atomic E-state index is 0.204. The number of nitrogens with zero attached hydrogens (tertiary/aromatic N) is 2. The average molecular weight is 493 g/mol. The van der Waals surface area contributed by atoms with Crippen LogP contribution in [0.3, 0.4) is 0 Å². The molecule has 3 aliphatic rings. The Kier molecular flexibility index (Phi) is 6.34. The molecule has 3 atom stereocenters. The number of amides is 4. The van der Waals surface area contributed by atoms with Gasteiger partial charge in [0.1, 0.15) is 12.1 Å². The summed E-state index contributed by atoms with van der Waals surface area (Å²) in [5.74, 6) is -0.388. The van der Waals surface area contributed by atoms with Crippen molar-refractivity contribution in [3.63, 3.8) is 0 Å². The van der Waals surface area contributed by atoms with Crippen LogP contribution in [0.4, 0.5) is 4.79 Å². The molecule has 36 heavy (non-hydrogen) atoms. The molecule has 0 saturated carbocycles. The summed E-state index contributed by atoms with van der Waals surface area (Å²) in [6.07, 6.45) is 2.85. The maximum absolute atomic E-state index is 13.1. The Morgan fingerprint density at radius 2 is 2.00 bits per heavy atom. The summed E-state index contributed by atoms with van der Waals surface area (Å²) in [5.41, 5.74) is 3.83. The first-order valence-electron chi connectivity index (χ1n) is 12.2. The predicted octanol–water partition coefficient (Wildman–Crippen LogP) is 2.72. The van der Waals surface area contributed by atoms with Gasteiger partial charge in [0.05, 0.1) is 12.6 Å². The fourth-order valence-electron chi connectivity index (χ4n) is 4.84. The summed E-state index contributed by atoms with van der Waals surface area (Å²) < 4.78 is 11.1. The van der Waals surface area contributed by atoms with Gasteiger partial charge in [-0.05, 0) is 61.9 Å². The number of imide groups is 1. The lowest BCUT2D eigenvalue weighted by atomic mass is 10.0. The summed E-state index contributed by atoms with van der Waals surface area (Å²) in [6, 6.07) is 6.35.